The van der Waals surface area contributed by atoms with Crippen molar-refractivity contribution >= 4 is 23.4 Å². The van der Waals surface area contributed by atoms with E-state index < -0.39 is 0 Å². The summed E-state index contributed by atoms with van der Waals surface area (Å²) in [6, 6.07) is 7.09. The molecule has 0 aliphatic heterocycles. The highest BCUT2D eigenvalue weighted by atomic mass is 32.2. The largest absolute Gasteiger partial charge is 0.357 e. The molecular weight excluding hydrogens is 324 g/mol. The van der Waals surface area contributed by atoms with Crippen molar-refractivity contribution in [3.63, 3.8) is 0 Å². The minimum atomic E-state index is -0.374. The number of non-ortho nitro benzene ring substituents is 1. The maximum absolute atomic E-state index is 10.9. The molecule has 1 aromatic carbocycles. The van der Waals surface area contributed by atoms with Crippen molar-refractivity contribution < 1.29 is 4.92 Å². The van der Waals surface area contributed by atoms with Crippen LogP contribution in [0.5, 0.6) is 0 Å². The Morgan fingerprint density at radius 1 is 1.46 bits per heavy atom. The lowest BCUT2D eigenvalue weighted by Crippen LogP contribution is -2.45. The number of nitro benzene ring substituents is 1. The summed E-state index contributed by atoms with van der Waals surface area (Å²) < 4.78 is 0. The first-order chi connectivity index (χ1) is 11.6. The molecule has 0 spiro atoms. The van der Waals surface area contributed by atoms with E-state index in [4.69, 9.17) is 0 Å². The Morgan fingerprint density at radius 3 is 3.00 bits per heavy atom. The number of nitrogens with zero attached hydrogens (tertiary/aromatic N) is 2. The van der Waals surface area contributed by atoms with Gasteiger partial charge in [-0.3, -0.25) is 10.1 Å². The molecule has 1 aliphatic rings. The Balaban J connectivity index is 1.99. The number of nitrogens with one attached hydrogen (secondary N) is 2. The minimum Gasteiger partial charge on any atom is -0.357 e. The van der Waals surface area contributed by atoms with Crippen LogP contribution in [0.15, 0.2) is 29.3 Å². The fraction of sp³-hybridized carbons (Fsp3) is 0.588. The first-order valence-electron chi connectivity index (χ1n) is 8.43. The second-order valence-electron chi connectivity index (χ2n) is 5.99. The van der Waals surface area contributed by atoms with Crippen LogP contribution >= 0.6 is 11.8 Å². The van der Waals surface area contributed by atoms with Gasteiger partial charge in [0.1, 0.15) is 0 Å². The minimum absolute atomic E-state index is 0.107. The van der Waals surface area contributed by atoms with Crippen LogP contribution in [-0.2, 0) is 6.54 Å². The van der Waals surface area contributed by atoms with E-state index in [-0.39, 0.29) is 10.6 Å². The van der Waals surface area contributed by atoms with Crippen LogP contribution in [-0.4, -0.2) is 35.0 Å². The lowest BCUT2D eigenvalue weighted by molar-refractivity contribution is -0.384. The zero-order chi connectivity index (χ0) is 17.4. The summed E-state index contributed by atoms with van der Waals surface area (Å²) in [7, 11) is 0. The van der Waals surface area contributed by atoms with Gasteiger partial charge in [-0.05, 0) is 38.0 Å². The van der Waals surface area contributed by atoms with Crippen molar-refractivity contribution in [2.75, 3.05) is 12.8 Å². The van der Waals surface area contributed by atoms with E-state index in [2.05, 4.69) is 21.9 Å². The van der Waals surface area contributed by atoms with Crippen molar-refractivity contribution in [2.24, 2.45) is 4.99 Å². The Bertz CT molecular complexity index is 579. The fourth-order valence-corrected chi connectivity index (χ4v) is 3.77. The predicted octanol–water partition coefficient (Wildman–Crippen LogP) is 3.32. The Hall–Kier alpha value is -1.76. The molecule has 1 aliphatic carbocycles. The van der Waals surface area contributed by atoms with Crippen molar-refractivity contribution in [3.8, 4) is 0 Å². The van der Waals surface area contributed by atoms with E-state index in [9.17, 15) is 10.1 Å². The van der Waals surface area contributed by atoms with E-state index in [1.807, 2.05) is 24.8 Å². The molecule has 0 heterocycles. The van der Waals surface area contributed by atoms with Gasteiger partial charge in [0, 0.05) is 30.0 Å². The predicted molar refractivity (Wildman–Crippen MR) is 101 cm³/mol. The van der Waals surface area contributed by atoms with Gasteiger partial charge in [-0.1, -0.05) is 18.6 Å². The molecule has 0 amide bonds. The van der Waals surface area contributed by atoms with Gasteiger partial charge in [-0.25, -0.2) is 4.99 Å². The smallest absolute Gasteiger partial charge is 0.269 e. The van der Waals surface area contributed by atoms with E-state index in [0.717, 1.165) is 36.2 Å². The molecule has 1 fully saturated rings. The molecule has 132 valence electrons. The summed E-state index contributed by atoms with van der Waals surface area (Å²) >= 11 is 1.94. The van der Waals surface area contributed by atoms with Crippen LogP contribution in [0.25, 0.3) is 0 Å². The van der Waals surface area contributed by atoms with E-state index >= 15 is 0 Å². The zero-order valence-electron chi connectivity index (χ0n) is 14.3. The lowest BCUT2D eigenvalue weighted by atomic mass is 9.95. The van der Waals surface area contributed by atoms with E-state index in [1.54, 1.807) is 12.1 Å². The summed E-state index contributed by atoms with van der Waals surface area (Å²) in [6.45, 7) is 3.26. The molecule has 1 saturated carbocycles. The molecule has 24 heavy (non-hydrogen) atoms. The average molecular weight is 350 g/mol. The fourth-order valence-electron chi connectivity index (χ4n) is 2.94. The Labute approximate surface area is 147 Å². The molecule has 2 N–H and O–H groups in total. The monoisotopic (exact) mass is 350 g/mol. The molecule has 2 unspecified atom stereocenters. The molecule has 0 radical (unpaired) electrons. The lowest BCUT2D eigenvalue weighted by Gasteiger charge is -2.29. The Morgan fingerprint density at radius 2 is 2.29 bits per heavy atom. The van der Waals surface area contributed by atoms with Crippen LogP contribution in [0.1, 0.15) is 38.2 Å². The molecule has 6 nitrogen and oxygen atoms in total. The number of hydrogen-bond donors (Lipinski definition) is 2. The van der Waals surface area contributed by atoms with Gasteiger partial charge in [0.05, 0.1) is 11.5 Å². The molecule has 0 bridgehead atoms. The number of hydrogen-bond acceptors (Lipinski definition) is 4. The van der Waals surface area contributed by atoms with Gasteiger partial charge in [-0.2, -0.15) is 11.8 Å². The normalized spacial score (nSPS) is 21.3. The van der Waals surface area contributed by atoms with Crippen molar-refractivity contribution in [1.29, 1.82) is 0 Å². The molecular formula is C17H26N4O2S. The van der Waals surface area contributed by atoms with Crippen molar-refractivity contribution in [3.05, 3.63) is 39.9 Å². The van der Waals surface area contributed by atoms with E-state index in [0.29, 0.717) is 12.6 Å². The molecule has 2 rings (SSSR count). The van der Waals surface area contributed by atoms with Gasteiger partial charge in [0.15, 0.2) is 5.96 Å². The summed E-state index contributed by atoms with van der Waals surface area (Å²) in [4.78, 5) is 15.1. The second-order valence-corrected chi connectivity index (χ2v) is 7.13. The average Bonchev–Trinajstić information content (AvgIpc) is 2.60. The topological polar surface area (TPSA) is 79.6 Å². The highest BCUT2D eigenvalue weighted by Gasteiger charge is 2.21. The van der Waals surface area contributed by atoms with Crippen molar-refractivity contribution in [2.45, 2.75) is 50.4 Å². The van der Waals surface area contributed by atoms with Crippen LogP contribution in [0.2, 0.25) is 0 Å². The third-order valence-electron chi connectivity index (χ3n) is 4.19. The number of nitro groups is 1. The first kappa shape index (κ1) is 18.6. The molecule has 2 atom stereocenters. The maximum atomic E-state index is 10.9. The molecule has 7 heteroatoms. The summed E-state index contributed by atoms with van der Waals surface area (Å²) in [5, 5.41) is 18.4. The summed E-state index contributed by atoms with van der Waals surface area (Å²) in [5.41, 5.74) is 0.947. The third kappa shape index (κ3) is 5.70. The Kier molecular flexibility index (Phi) is 7.36. The van der Waals surface area contributed by atoms with Gasteiger partial charge in [0.25, 0.3) is 5.69 Å². The maximum Gasteiger partial charge on any atom is 0.269 e. The van der Waals surface area contributed by atoms with Gasteiger partial charge in [-0.15, -0.1) is 0 Å². The quantitative estimate of drug-likeness (QED) is 0.356. The molecule has 1 aromatic rings. The van der Waals surface area contributed by atoms with E-state index in [1.165, 1.54) is 18.9 Å². The number of benzene rings is 1. The number of guanidine groups is 1. The van der Waals surface area contributed by atoms with Gasteiger partial charge in [0.2, 0.25) is 0 Å². The zero-order valence-corrected chi connectivity index (χ0v) is 15.1. The second kappa shape index (κ2) is 9.52. The number of aliphatic imine (C=N–C) groups is 1. The summed E-state index contributed by atoms with van der Waals surface area (Å²) in [5.74, 6) is 0.788. The molecule has 0 saturated heterocycles. The van der Waals surface area contributed by atoms with Crippen LogP contribution < -0.4 is 10.6 Å². The van der Waals surface area contributed by atoms with Gasteiger partial charge >= 0.3 is 0 Å². The number of rotatable bonds is 6. The molecule has 0 aromatic heterocycles. The number of thioether (sulfide) groups is 1. The van der Waals surface area contributed by atoms with Crippen LogP contribution in [0, 0.1) is 10.1 Å². The third-order valence-corrected chi connectivity index (χ3v) is 5.28. The SMILES string of the molecule is CCNC(=NCc1cccc([N+](=O)[O-])c1)NC1CCCC(SC)C1. The van der Waals surface area contributed by atoms with Crippen LogP contribution in [0.3, 0.4) is 0 Å². The highest BCUT2D eigenvalue weighted by molar-refractivity contribution is 7.99. The highest BCUT2D eigenvalue weighted by Crippen LogP contribution is 2.26. The standard InChI is InChI=1S/C17H26N4O2S/c1-3-18-17(20-14-7-5-9-16(11-14)24-2)19-12-13-6-4-8-15(10-13)21(22)23/h4,6,8,10,14,16H,3,5,7,9,11-12H2,1-2H3,(H2,18,19,20). The summed E-state index contributed by atoms with van der Waals surface area (Å²) in [6.07, 6.45) is 7.03. The van der Waals surface area contributed by atoms with Gasteiger partial charge < -0.3 is 10.6 Å². The van der Waals surface area contributed by atoms with Crippen molar-refractivity contribution in [1.82, 2.24) is 10.6 Å². The van der Waals surface area contributed by atoms with Crippen LogP contribution in [0.4, 0.5) is 5.69 Å². The first-order valence-corrected chi connectivity index (χ1v) is 9.72.